The summed E-state index contributed by atoms with van der Waals surface area (Å²) >= 11 is 2.96. The molecule has 0 aliphatic rings. The van der Waals surface area contributed by atoms with Gasteiger partial charge in [-0.15, -0.1) is 0 Å². The molecule has 1 unspecified atom stereocenters. The fourth-order valence-electron chi connectivity index (χ4n) is 1.48. The van der Waals surface area contributed by atoms with Crippen molar-refractivity contribution in [2.75, 3.05) is 20.8 Å². The predicted octanol–water partition coefficient (Wildman–Crippen LogP) is 2.83. The smallest absolute Gasteiger partial charge is 0.259 e. The average molecular weight is 322 g/mol. The number of hydrogen-bond donors (Lipinski definition) is 0. The molecule has 1 amide bonds. The van der Waals surface area contributed by atoms with Gasteiger partial charge in [0.25, 0.3) is 5.91 Å². The van der Waals surface area contributed by atoms with Gasteiger partial charge in [0, 0.05) is 18.6 Å². The zero-order valence-corrected chi connectivity index (χ0v) is 11.9. The van der Waals surface area contributed by atoms with Crippen LogP contribution in [0.25, 0.3) is 0 Å². The highest BCUT2D eigenvalue weighted by Gasteiger charge is 2.24. The first-order valence-electron chi connectivity index (χ1n) is 5.29. The number of benzene rings is 1. The molecule has 0 aliphatic heterocycles. The minimum Gasteiger partial charge on any atom is -0.383 e. The molecule has 0 aliphatic carbocycles. The lowest BCUT2D eigenvalue weighted by Gasteiger charge is -2.24. The van der Waals surface area contributed by atoms with Gasteiger partial charge in [-0.2, -0.15) is 0 Å². The minimum absolute atomic E-state index is 0.252. The molecule has 18 heavy (non-hydrogen) atoms. The fraction of sp³-hybridized carbons (Fsp3) is 0.417. The van der Waals surface area contributed by atoms with E-state index >= 15 is 0 Å². The van der Waals surface area contributed by atoms with Crippen LogP contribution in [-0.4, -0.2) is 37.6 Å². The van der Waals surface area contributed by atoms with Crippen LogP contribution in [0.15, 0.2) is 16.6 Å². The first kappa shape index (κ1) is 15.0. The van der Waals surface area contributed by atoms with Crippen LogP contribution in [0, 0.1) is 11.6 Å². The maximum absolute atomic E-state index is 13.6. The zero-order valence-electron chi connectivity index (χ0n) is 10.3. The van der Waals surface area contributed by atoms with Gasteiger partial charge in [-0.3, -0.25) is 4.79 Å². The van der Waals surface area contributed by atoms with E-state index in [0.29, 0.717) is 6.61 Å². The van der Waals surface area contributed by atoms with Gasteiger partial charge in [0.15, 0.2) is 0 Å². The molecule has 0 radical (unpaired) electrons. The van der Waals surface area contributed by atoms with Crippen LogP contribution in [0.4, 0.5) is 8.78 Å². The molecule has 100 valence electrons. The van der Waals surface area contributed by atoms with Crippen LogP contribution in [0.1, 0.15) is 17.3 Å². The van der Waals surface area contributed by atoms with Crippen molar-refractivity contribution >= 4 is 21.8 Å². The number of rotatable bonds is 4. The summed E-state index contributed by atoms with van der Waals surface area (Å²) < 4.78 is 32.4. The minimum atomic E-state index is -0.886. The van der Waals surface area contributed by atoms with Crippen molar-refractivity contribution in [3.63, 3.8) is 0 Å². The standard InChI is InChI=1S/C12H14BrF2NO2/c1-7(6-18-3)16(2)12(17)11-9(14)4-8(13)5-10(11)15/h4-5,7H,6H2,1-3H3. The number of methoxy groups -OCH3 is 1. The number of carbonyl (C=O) groups is 1. The lowest BCUT2D eigenvalue weighted by molar-refractivity contribution is 0.0624. The third-order valence-electron chi connectivity index (χ3n) is 2.61. The summed E-state index contributed by atoms with van der Waals surface area (Å²) in [7, 11) is 2.97. The van der Waals surface area contributed by atoms with E-state index in [0.717, 1.165) is 12.1 Å². The van der Waals surface area contributed by atoms with Crippen molar-refractivity contribution < 1.29 is 18.3 Å². The van der Waals surface area contributed by atoms with Crippen LogP contribution in [0.3, 0.4) is 0 Å². The van der Waals surface area contributed by atoms with E-state index in [1.165, 1.54) is 19.1 Å². The molecule has 1 aromatic rings. The molecule has 0 spiro atoms. The number of amides is 1. The Bertz CT molecular complexity index is 431. The van der Waals surface area contributed by atoms with Crippen molar-refractivity contribution in [1.29, 1.82) is 0 Å². The van der Waals surface area contributed by atoms with Gasteiger partial charge in [0.05, 0.1) is 12.6 Å². The molecule has 0 bridgehead atoms. The van der Waals surface area contributed by atoms with Gasteiger partial charge in [-0.1, -0.05) is 15.9 Å². The molecule has 1 rings (SSSR count). The highest BCUT2D eigenvalue weighted by molar-refractivity contribution is 9.10. The van der Waals surface area contributed by atoms with E-state index in [1.807, 2.05) is 0 Å². The highest BCUT2D eigenvalue weighted by atomic mass is 79.9. The molecule has 1 aromatic carbocycles. The summed E-state index contributed by atoms with van der Waals surface area (Å²) in [6.07, 6.45) is 0. The molecular weight excluding hydrogens is 308 g/mol. The Morgan fingerprint density at radius 3 is 2.39 bits per heavy atom. The highest BCUT2D eigenvalue weighted by Crippen LogP contribution is 2.21. The Morgan fingerprint density at radius 2 is 1.94 bits per heavy atom. The van der Waals surface area contributed by atoms with E-state index in [9.17, 15) is 13.6 Å². The molecule has 0 fully saturated rings. The summed E-state index contributed by atoms with van der Waals surface area (Å²) in [5, 5.41) is 0. The van der Waals surface area contributed by atoms with Crippen LogP contribution in [0.2, 0.25) is 0 Å². The van der Waals surface area contributed by atoms with Gasteiger partial charge >= 0.3 is 0 Å². The van der Waals surface area contributed by atoms with Gasteiger partial charge in [-0.05, 0) is 19.1 Å². The molecule has 0 saturated heterocycles. The molecule has 1 atom stereocenters. The molecule has 0 aromatic heterocycles. The second kappa shape index (κ2) is 6.24. The second-order valence-electron chi connectivity index (χ2n) is 3.96. The van der Waals surface area contributed by atoms with E-state index < -0.39 is 23.1 Å². The molecule has 0 N–H and O–H groups in total. The van der Waals surface area contributed by atoms with Gasteiger partial charge in [-0.25, -0.2) is 8.78 Å². The topological polar surface area (TPSA) is 29.5 Å². The normalized spacial score (nSPS) is 12.3. The number of carbonyl (C=O) groups excluding carboxylic acids is 1. The maximum Gasteiger partial charge on any atom is 0.259 e. The summed E-state index contributed by atoms with van der Waals surface area (Å²) in [6.45, 7) is 2.03. The summed E-state index contributed by atoms with van der Waals surface area (Å²) in [5.74, 6) is -2.48. The number of halogens is 3. The molecule has 0 heterocycles. The molecule has 6 heteroatoms. The Kier molecular flexibility index (Phi) is 5.22. The Morgan fingerprint density at radius 1 is 1.44 bits per heavy atom. The van der Waals surface area contributed by atoms with Crippen LogP contribution in [-0.2, 0) is 4.74 Å². The lowest BCUT2D eigenvalue weighted by atomic mass is 10.1. The Balaban J connectivity index is 3.04. The number of hydrogen-bond acceptors (Lipinski definition) is 2. The first-order valence-corrected chi connectivity index (χ1v) is 6.08. The Labute approximate surface area is 113 Å². The first-order chi connectivity index (χ1) is 8.38. The SMILES string of the molecule is COCC(C)N(C)C(=O)c1c(F)cc(Br)cc1F. The monoisotopic (exact) mass is 321 g/mol. The third kappa shape index (κ3) is 3.26. The number of likely N-dealkylation sites (N-methyl/N-ethyl adjacent to an activating group) is 1. The third-order valence-corrected chi connectivity index (χ3v) is 3.07. The van der Waals surface area contributed by atoms with Gasteiger partial charge in [0.2, 0.25) is 0 Å². The number of ether oxygens (including phenoxy) is 1. The summed E-state index contributed by atoms with van der Waals surface area (Å²) in [6, 6.07) is 1.85. The van der Waals surface area contributed by atoms with Gasteiger partial charge < -0.3 is 9.64 Å². The van der Waals surface area contributed by atoms with Gasteiger partial charge in [0.1, 0.15) is 17.2 Å². The quantitative estimate of drug-likeness (QED) is 0.853. The van der Waals surface area contributed by atoms with E-state index in [4.69, 9.17) is 4.74 Å². The predicted molar refractivity (Wildman–Crippen MR) is 67.5 cm³/mol. The van der Waals surface area contributed by atoms with Crippen molar-refractivity contribution in [3.8, 4) is 0 Å². The van der Waals surface area contributed by atoms with Crippen molar-refractivity contribution in [1.82, 2.24) is 4.90 Å². The maximum atomic E-state index is 13.6. The van der Waals surface area contributed by atoms with Crippen LogP contribution >= 0.6 is 15.9 Å². The number of nitrogens with zero attached hydrogens (tertiary/aromatic N) is 1. The van der Waals surface area contributed by atoms with E-state index in [-0.39, 0.29) is 10.5 Å². The summed E-state index contributed by atoms with van der Waals surface area (Å²) in [5.41, 5.74) is -0.552. The van der Waals surface area contributed by atoms with Crippen LogP contribution in [0.5, 0.6) is 0 Å². The molecular formula is C12H14BrF2NO2. The van der Waals surface area contributed by atoms with Crippen molar-refractivity contribution in [2.24, 2.45) is 0 Å². The lowest BCUT2D eigenvalue weighted by Crippen LogP contribution is -2.38. The van der Waals surface area contributed by atoms with E-state index in [2.05, 4.69) is 15.9 Å². The average Bonchev–Trinajstić information content (AvgIpc) is 2.26. The molecule has 0 saturated carbocycles. The van der Waals surface area contributed by atoms with Crippen LogP contribution < -0.4 is 0 Å². The van der Waals surface area contributed by atoms with Crippen molar-refractivity contribution in [2.45, 2.75) is 13.0 Å². The second-order valence-corrected chi connectivity index (χ2v) is 4.88. The Hall–Kier alpha value is -1.01. The van der Waals surface area contributed by atoms with Crippen molar-refractivity contribution in [3.05, 3.63) is 33.8 Å². The summed E-state index contributed by atoms with van der Waals surface area (Å²) in [4.78, 5) is 13.2. The van der Waals surface area contributed by atoms with E-state index in [1.54, 1.807) is 6.92 Å². The largest absolute Gasteiger partial charge is 0.383 e. The zero-order chi connectivity index (χ0) is 13.9. The molecule has 3 nitrogen and oxygen atoms in total. The fourth-order valence-corrected chi connectivity index (χ4v) is 1.88.